The minimum Gasteiger partial charge on any atom is -0.545 e. The Kier molecular flexibility index (Phi) is 6.53. The Balaban J connectivity index is 1.83. The molecule has 7 heteroatoms. The second kappa shape index (κ2) is 9.46. The SMILES string of the molecule is CCOc1cccc(NC(=O)/C(C#N)=C\c2ccc(-c3cc(C(=O)[O-])ccc3C)o2)c1. The molecule has 0 radical (unpaired) electrons. The van der Waals surface area contributed by atoms with Gasteiger partial charge in [-0.15, -0.1) is 0 Å². The summed E-state index contributed by atoms with van der Waals surface area (Å²) in [7, 11) is 0. The van der Waals surface area contributed by atoms with E-state index in [1.807, 2.05) is 19.9 Å². The van der Waals surface area contributed by atoms with Crippen molar-refractivity contribution in [3.8, 4) is 23.1 Å². The molecule has 0 fully saturated rings. The molecule has 3 rings (SSSR count). The molecule has 1 N–H and O–H groups in total. The lowest BCUT2D eigenvalue weighted by Crippen LogP contribution is -2.22. The maximum absolute atomic E-state index is 12.5. The Morgan fingerprint density at radius 2 is 2.00 bits per heavy atom. The highest BCUT2D eigenvalue weighted by Gasteiger charge is 2.13. The fourth-order valence-corrected chi connectivity index (χ4v) is 2.91. The number of aromatic carboxylic acids is 1. The van der Waals surface area contributed by atoms with Crippen LogP contribution in [-0.4, -0.2) is 18.5 Å². The average Bonchev–Trinajstić information content (AvgIpc) is 3.21. The number of carbonyl (C=O) groups is 2. The van der Waals surface area contributed by atoms with E-state index in [4.69, 9.17) is 9.15 Å². The quantitative estimate of drug-likeness (QED) is 0.466. The molecule has 7 nitrogen and oxygen atoms in total. The largest absolute Gasteiger partial charge is 0.545 e. The first-order valence-corrected chi connectivity index (χ1v) is 9.49. The van der Waals surface area contributed by atoms with Gasteiger partial charge < -0.3 is 24.4 Å². The van der Waals surface area contributed by atoms with Crippen molar-refractivity contribution >= 4 is 23.6 Å². The van der Waals surface area contributed by atoms with Crippen LogP contribution in [0.3, 0.4) is 0 Å². The summed E-state index contributed by atoms with van der Waals surface area (Å²) in [5, 5.41) is 23.2. The van der Waals surface area contributed by atoms with Gasteiger partial charge in [-0.1, -0.05) is 18.2 Å². The highest BCUT2D eigenvalue weighted by atomic mass is 16.5. The molecule has 0 saturated heterocycles. The smallest absolute Gasteiger partial charge is 0.266 e. The van der Waals surface area contributed by atoms with E-state index in [-0.39, 0.29) is 16.9 Å². The van der Waals surface area contributed by atoms with E-state index in [0.29, 0.717) is 29.4 Å². The van der Waals surface area contributed by atoms with Crippen LogP contribution >= 0.6 is 0 Å². The molecule has 0 saturated carbocycles. The molecule has 0 unspecified atom stereocenters. The Morgan fingerprint density at radius 3 is 2.71 bits per heavy atom. The topological polar surface area (TPSA) is 115 Å². The number of aryl methyl sites for hydroxylation is 1. The fourth-order valence-electron chi connectivity index (χ4n) is 2.91. The van der Waals surface area contributed by atoms with E-state index in [2.05, 4.69) is 5.32 Å². The van der Waals surface area contributed by atoms with Crippen molar-refractivity contribution in [2.75, 3.05) is 11.9 Å². The fraction of sp³-hybridized carbons (Fsp3) is 0.125. The number of hydrogen-bond acceptors (Lipinski definition) is 6. The van der Waals surface area contributed by atoms with Gasteiger partial charge in [0.25, 0.3) is 5.91 Å². The predicted octanol–water partition coefficient (Wildman–Crippen LogP) is 3.56. The van der Waals surface area contributed by atoms with Gasteiger partial charge in [0.05, 0.1) is 12.6 Å². The number of nitrogens with one attached hydrogen (secondary N) is 1. The highest BCUT2D eigenvalue weighted by Crippen LogP contribution is 2.27. The van der Waals surface area contributed by atoms with E-state index < -0.39 is 11.9 Å². The van der Waals surface area contributed by atoms with Crippen molar-refractivity contribution in [3.63, 3.8) is 0 Å². The van der Waals surface area contributed by atoms with Crippen LogP contribution in [0.1, 0.15) is 28.6 Å². The number of carbonyl (C=O) groups excluding carboxylic acids is 2. The molecule has 0 aliphatic heterocycles. The lowest BCUT2D eigenvalue weighted by Gasteiger charge is -2.08. The number of nitrogens with zero attached hydrogens (tertiary/aromatic N) is 1. The normalized spacial score (nSPS) is 10.9. The van der Waals surface area contributed by atoms with E-state index >= 15 is 0 Å². The monoisotopic (exact) mass is 415 g/mol. The molecule has 3 aromatic rings. The van der Waals surface area contributed by atoms with Gasteiger partial charge in [0.15, 0.2) is 0 Å². The molecule has 1 amide bonds. The summed E-state index contributed by atoms with van der Waals surface area (Å²) >= 11 is 0. The first-order valence-electron chi connectivity index (χ1n) is 9.49. The number of anilines is 1. The number of amides is 1. The first kappa shape index (κ1) is 21.4. The van der Waals surface area contributed by atoms with Crippen LogP contribution in [0, 0.1) is 18.3 Å². The van der Waals surface area contributed by atoms with E-state index in [0.717, 1.165) is 5.56 Å². The van der Waals surface area contributed by atoms with Gasteiger partial charge >= 0.3 is 0 Å². The third-order valence-corrected chi connectivity index (χ3v) is 4.42. The maximum Gasteiger partial charge on any atom is 0.266 e. The minimum atomic E-state index is -1.29. The van der Waals surface area contributed by atoms with E-state index in [1.54, 1.807) is 42.5 Å². The first-order chi connectivity index (χ1) is 14.9. The second-order valence-electron chi connectivity index (χ2n) is 6.60. The van der Waals surface area contributed by atoms with Gasteiger partial charge in [-0.3, -0.25) is 4.79 Å². The van der Waals surface area contributed by atoms with Gasteiger partial charge in [0, 0.05) is 23.4 Å². The number of ether oxygens (including phenoxy) is 1. The minimum absolute atomic E-state index is 0.0282. The molecule has 0 aliphatic carbocycles. The zero-order valence-corrected chi connectivity index (χ0v) is 17.0. The average molecular weight is 415 g/mol. The summed E-state index contributed by atoms with van der Waals surface area (Å²) in [5.41, 5.74) is 1.76. The molecule has 0 aliphatic rings. The van der Waals surface area contributed by atoms with Crippen LogP contribution in [0.4, 0.5) is 5.69 Å². The van der Waals surface area contributed by atoms with Gasteiger partial charge in [-0.05, 0) is 55.3 Å². The summed E-state index contributed by atoms with van der Waals surface area (Å²) in [6, 6.07) is 16.5. The summed E-state index contributed by atoms with van der Waals surface area (Å²) in [6.07, 6.45) is 1.32. The second-order valence-corrected chi connectivity index (χ2v) is 6.60. The van der Waals surface area contributed by atoms with Crippen LogP contribution < -0.4 is 15.2 Å². The van der Waals surface area contributed by atoms with E-state index in [1.165, 1.54) is 18.2 Å². The molecule has 1 heterocycles. The number of furan rings is 1. The third-order valence-electron chi connectivity index (χ3n) is 4.42. The van der Waals surface area contributed by atoms with Gasteiger partial charge in [-0.25, -0.2) is 0 Å². The zero-order chi connectivity index (χ0) is 22.4. The molecule has 0 atom stereocenters. The number of benzene rings is 2. The summed E-state index contributed by atoms with van der Waals surface area (Å²) in [5.74, 6) is -0.585. The van der Waals surface area contributed by atoms with Gasteiger partial charge in [-0.2, -0.15) is 5.26 Å². The maximum atomic E-state index is 12.5. The molecule has 1 aromatic heterocycles. The zero-order valence-electron chi connectivity index (χ0n) is 17.0. The molecule has 0 bridgehead atoms. The number of hydrogen-bond donors (Lipinski definition) is 1. The Hall–Kier alpha value is -4.31. The van der Waals surface area contributed by atoms with Crippen molar-refractivity contribution < 1.29 is 23.8 Å². The molecule has 156 valence electrons. The van der Waals surface area contributed by atoms with Crippen molar-refractivity contribution in [3.05, 3.63) is 77.1 Å². The number of nitriles is 1. The summed E-state index contributed by atoms with van der Waals surface area (Å²) in [4.78, 5) is 23.6. The van der Waals surface area contributed by atoms with Crippen molar-refractivity contribution in [2.45, 2.75) is 13.8 Å². The van der Waals surface area contributed by atoms with Crippen molar-refractivity contribution in [1.29, 1.82) is 5.26 Å². The van der Waals surface area contributed by atoms with Crippen LogP contribution in [-0.2, 0) is 4.79 Å². The van der Waals surface area contributed by atoms with Crippen molar-refractivity contribution in [1.82, 2.24) is 0 Å². The van der Waals surface area contributed by atoms with Crippen LogP contribution in [0.2, 0.25) is 0 Å². The molecular weight excluding hydrogens is 396 g/mol. The molecule has 2 aromatic carbocycles. The lowest BCUT2D eigenvalue weighted by molar-refractivity contribution is -0.255. The standard InChI is InChI=1S/C24H20N2O5/c1-3-30-19-6-4-5-18(13-19)26-23(27)17(14-25)11-20-9-10-22(31-20)21-12-16(24(28)29)8-7-15(21)2/h4-13H,3H2,1-2H3,(H,26,27)(H,28,29)/p-1/b17-11-. The van der Waals surface area contributed by atoms with Gasteiger partial charge in [0.1, 0.15) is 28.9 Å². The van der Waals surface area contributed by atoms with Crippen LogP contribution in [0.5, 0.6) is 5.75 Å². The van der Waals surface area contributed by atoms with E-state index in [9.17, 15) is 20.0 Å². The third kappa shape index (κ3) is 5.19. The molecular formula is C24H19N2O5-. The Morgan fingerprint density at radius 1 is 1.19 bits per heavy atom. The number of rotatable bonds is 7. The molecule has 0 spiro atoms. The number of carboxylic acids is 1. The molecule has 31 heavy (non-hydrogen) atoms. The Labute approximate surface area is 179 Å². The Bertz CT molecular complexity index is 1200. The highest BCUT2D eigenvalue weighted by molar-refractivity contribution is 6.09. The van der Waals surface area contributed by atoms with Crippen LogP contribution in [0.25, 0.3) is 17.4 Å². The predicted molar refractivity (Wildman–Crippen MR) is 113 cm³/mol. The summed E-state index contributed by atoms with van der Waals surface area (Å²) < 4.78 is 11.1. The summed E-state index contributed by atoms with van der Waals surface area (Å²) in [6.45, 7) is 4.17. The number of carboxylic acid groups (broad SMARTS) is 1. The van der Waals surface area contributed by atoms with Crippen LogP contribution in [0.15, 0.2) is 64.6 Å². The van der Waals surface area contributed by atoms with Gasteiger partial charge in [0.2, 0.25) is 0 Å². The lowest BCUT2D eigenvalue weighted by atomic mass is 10.0. The van der Waals surface area contributed by atoms with Crippen molar-refractivity contribution in [2.24, 2.45) is 0 Å².